The molecule has 1 rings (SSSR count). The number of nitrogens with zero attached hydrogens (tertiary/aromatic N) is 2. The quantitative estimate of drug-likeness (QED) is 0.529. The van der Waals surface area contributed by atoms with Crippen LogP contribution in [0.1, 0.15) is 20.8 Å². The van der Waals surface area contributed by atoms with Crippen molar-refractivity contribution < 1.29 is 9.59 Å². The summed E-state index contributed by atoms with van der Waals surface area (Å²) in [6.45, 7) is 5.10. The molecule has 116 valence electrons. The zero-order valence-corrected chi connectivity index (χ0v) is 13.1. The van der Waals surface area contributed by atoms with Crippen molar-refractivity contribution in [3.8, 4) is 0 Å². The van der Waals surface area contributed by atoms with Gasteiger partial charge in [-0.3, -0.25) is 29.0 Å². The summed E-state index contributed by atoms with van der Waals surface area (Å²) < 4.78 is 1.27. The summed E-state index contributed by atoms with van der Waals surface area (Å²) in [4.78, 5) is 49.0. The summed E-state index contributed by atoms with van der Waals surface area (Å²) in [7, 11) is 1.51. The highest BCUT2D eigenvalue weighted by atomic mass is 32.2. The Morgan fingerprint density at radius 3 is 2.52 bits per heavy atom. The minimum absolute atomic E-state index is 0.00740. The maximum atomic E-state index is 11.8. The minimum Gasteiger partial charge on any atom is -0.345 e. The number of amides is 1. The maximum Gasteiger partial charge on any atom is 0.339 e. The van der Waals surface area contributed by atoms with E-state index in [4.69, 9.17) is 0 Å². The summed E-state index contributed by atoms with van der Waals surface area (Å²) in [5, 5.41) is 5.14. The summed E-state index contributed by atoms with van der Waals surface area (Å²) in [5.41, 5.74) is -1.72. The monoisotopic (exact) mass is 314 g/mol. The molecule has 2 N–H and O–H groups in total. The van der Waals surface area contributed by atoms with Crippen molar-refractivity contribution in [2.45, 2.75) is 32.0 Å². The predicted molar refractivity (Wildman–Crippen MR) is 78.3 cm³/mol. The number of ketones is 1. The van der Waals surface area contributed by atoms with E-state index in [-0.39, 0.29) is 28.5 Å². The Kier molecular flexibility index (Phi) is 5.89. The standard InChI is InChI=1S/C12H18N4O4S/c1-6(2)9(7(3)17)13-8(18)5-21-12-14-10(19)11(20)15-16(12)4/h6,9H,5H2,1-4H3,(H,13,18)(H,15,20). The molecule has 21 heavy (non-hydrogen) atoms. The van der Waals surface area contributed by atoms with Crippen LogP contribution in [0, 0.1) is 5.92 Å². The highest BCUT2D eigenvalue weighted by Crippen LogP contribution is 2.11. The van der Waals surface area contributed by atoms with Gasteiger partial charge in [-0.2, -0.15) is 4.98 Å². The molecule has 1 amide bonds. The molecule has 0 fully saturated rings. The number of aromatic amines is 1. The van der Waals surface area contributed by atoms with Gasteiger partial charge < -0.3 is 5.32 Å². The number of thioether (sulfide) groups is 1. The van der Waals surface area contributed by atoms with Crippen LogP contribution in [0.5, 0.6) is 0 Å². The number of carbonyl (C=O) groups is 2. The molecule has 1 aromatic rings. The lowest BCUT2D eigenvalue weighted by Gasteiger charge is -2.19. The summed E-state index contributed by atoms with van der Waals surface area (Å²) in [5.74, 6) is -0.470. The third-order valence-corrected chi connectivity index (χ3v) is 3.73. The maximum absolute atomic E-state index is 11.8. The molecule has 9 heteroatoms. The van der Waals surface area contributed by atoms with E-state index >= 15 is 0 Å². The van der Waals surface area contributed by atoms with Gasteiger partial charge in [0, 0.05) is 7.05 Å². The molecule has 1 aromatic heterocycles. The van der Waals surface area contributed by atoms with E-state index in [1.807, 2.05) is 13.8 Å². The second-order valence-electron chi connectivity index (χ2n) is 4.89. The highest BCUT2D eigenvalue weighted by Gasteiger charge is 2.20. The van der Waals surface area contributed by atoms with Crippen LogP contribution in [0.25, 0.3) is 0 Å². The molecule has 0 aliphatic rings. The average Bonchev–Trinajstić information content (AvgIpc) is 2.37. The van der Waals surface area contributed by atoms with Crippen LogP contribution in [0.15, 0.2) is 14.7 Å². The van der Waals surface area contributed by atoms with E-state index < -0.39 is 17.2 Å². The van der Waals surface area contributed by atoms with Gasteiger partial charge in [-0.25, -0.2) is 0 Å². The fourth-order valence-corrected chi connectivity index (χ4v) is 2.40. The van der Waals surface area contributed by atoms with Gasteiger partial charge >= 0.3 is 11.1 Å². The third-order valence-electron chi connectivity index (χ3n) is 2.70. The number of carbonyl (C=O) groups excluding carboxylic acids is 2. The van der Waals surface area contributed by atoms with Gasteiger partial charge in [0.25, 0.3) is 0 Å². The van der Waals surface area contributed by atoms with Crippen molar-refractivity contribution in [2.75, 3.05) is 5.75 Å². The fourth-order valence-electron chi connectivity index (χ4n) is 1.67. The van der Waals surface area contributed by atoms with E-state index in [1.54, 1.807) is 0 Å². The molecule has 0 aliphatic heterocycles. The second-order valence-corrected chi connectivity index (χ2v) is 5.83. The molecule has 0 saturated carbocycles. The van der Waals surface area contributed by atoms with Crippen molar-refractivity contribution >= 4 is 23.5 Å². The number of aryl methyl sites for hydroxylation is 1. The van der Waals surface area contributed by atoms with Gasteiger partial charge in [-0.05, 0) is 12.8 Å². The first kappa shape index (κ1) is 17.2. The Labute approximate surface area is 125 Å². The third kappa shape index (κ3) is 4.85. The summed E-state index contributed by atoms with van der Waals surface area (Å²) in [6, 6.07) is -0.537. The van der Waals surface area contributed by atoms with Gasteiger partial charge in [-0.15, -0.1) is 0 Å². The first-order chi connectivity index (χ1) is 9.72. The van der Waals surface area contributed by atoms with Crippen LogP contribution in [-0.4, -0.2) is 38.2 Å². The van der Waals surface area contributed by atoms with Crippen LogP contribution in [0.4, 0.5) is 0 Å². The Balaban J connectivity index is 2.69. The van der Waals surface area contributed by atoms with Crippen molar-refractivity contribution in [3.63, 3.8) is 0 Å². The number of hydrogen-bond donors (Lipinski definition) is 2. The van der Waals surface area contributed by atoms with Crippen LogP contribution in [0.3, 0.4) is 0 Å². The van der Waals surface area contributed by atoms with E-state index in [2.05, 4.69) is 15.4 Å². The molecule has 0 bridgehead atoms. The molecule has 1 atom stereocenters. The molecule has 0 saturated heterocycles. The van der Waals surface area contributed by atoms with E-state index in [1.165, 1.54) is 18.7 Å². The Morgan fingerprint density at radius 1 is 1.38 bits per heavy atom. The van der Waals surface area contributed by atoms with Gasteiger partial charge in [-0.1, -0.05) is 25.6 Å². The minimum atomic E-state index is -0.903. The van der Waals surface area contributed by atoms with E-state index in [9.17, 15) is 19.2 Å². The first-order valence-electron chi connectivity index (χ1n) is 6.32. The molecule has 1 heterocycles. The van der Waals surface area contributed by atoms with Gasteiger partial charge in [0.2, 0.25) is 5.91 Å². The lowest BCUT2D eigenvalue weighted by atomic mass is 10.0. The number of Topliss-reactive ketones (excluding diaryl/α,β-unsaturated/α-hetero) is 1. The Hall–Kier alpha value is -1.90. The average molecular weight is 314 g/mol. The molecule has 1 unspecified atom stereocenters. The fraction of sp³-hybridized carbons (Fsp3) is 0.583. The van der Waals surface area contributed by atoms with Crippen molar-refractivity contribution in [1.29, 1.82) is 0 Å². The zero-order valence-electron chi connectivity index (χ0n) is 12.3. The van der Waals surface area contributed by atoms with Crippen molar-refractivity contribution in [3.05, 3.63) is 20.7 Å². The predicted octanol–water partition coefficient (Wildman–Crippen LogP) is -0.709. The van der Waals surface area contributed by atoms with Gasteiger partial charge in [0.15, 0.2) is 10.9 Å². The number of aromatic nitrogens is 3. The van der Waals surface area contributed by atoms with Crippen LogP contribution in [0.2, 0.25) is 0 Å². The van der Waals surface area contributed by atoms with E-state index in [0.29, 0.717) is 0 Å². The largest absolute Gasteiger partial charge is 0.345 e. The first-order valence-corrected chi connectivity index (χ1v) is 7.31. The zero-order chi connectivity index (χ0) is 16.2. The summed E-state index contributed by atoms with van der Waals surface area (Å²) >= 11 is 1.00. The number of rotatable bonds is 6. The van der Waals surface area contributed by atoms with E-state index in [0.717, 1.165) is 11.8 Å². The van der Waals surface area contributed by atoms with Crippen LogP contribution >= 0.6 is 11.8 Å². The van der Waals surface area contributed by atoms with Gasteiger partial charge in [0.05, 0.1) is 11.8 Å². The molecule has 8 nitrogen and oxygen atoms in total. The van der Waals surface area contributed by atoms with Crippen molar-refractivity contribution in [1.82, 2.24) is 20.1 Å². The normalized spacial score (nSPS) is 12.2. The summed E-state index contributed by atoms with van der Waals surface area (Å²) in [6.07, 6.45) is 0. The van der Waals surface area contributed by atoms with Crippen molar-refractivity contribution in [2.24, 2.45) is 13.0 Å². The second kappa shape index (κ2) is 7.21. The molecule has 0 spiro atoms. The lowest BCUT2D eigenvalue weighted by Crippen LogP contribution is -2.44. The van der Waals surface area contributed by atoms with Crippen LogP contribution < -0.4 is 16.4 Å². The number of hydrogen-bond acceptors (Lipinski definition) is 6. The smallest absolute Gasteiger partial charge is 0.339 e. The molecular weight excluding hydrogens is 296 g/mol. The Bertz CT molecular complexity index is 649. The highest BCUT2D eigenvalue weighted by molar-refractivity contribution is 7.99. The van der Waals surface area contributed by atoms with Crippen LogP contribution in [-0.2, 0) is 16.6 Å². The topological polar surface area (TPSA) is 114 Å². The Morgan fingerprint density at radius 2 is 2.00 bits per heavy atom. The van der Waals surface area contributed by atoms with Gasteiger partial charge in [0.1, 0.15) is 0 Å². The number of nitrogens with one attached hydrogen (secondary N) is 2. The number of H-pyrrole nitrogens is 1. The SMILES string of the molecule is CC(=O)C(NC(=O)CSc1nc(=O)c(=O)[nH]n1C)C(C)C. The molecule has 0 radical (unpaired) electrons. The molecular formula is C12H18N4O4S. The lowest BCUT2D eigenvalue weighted by molar-refractivity contribution is -0.126. The molecule has 0 aromatic carbocycles. The molecule has 0 aliphatic carbocycles.